The minimum atomic E-state index is -0.408. The van der Waals surface area contributed by atoms with Gasteiger partial charge in [-0.3, -0.25) is 9.59 Å². The maximum Gasteiger partial charge on any atom is 0.232 e. The topological polar surface area (TPSA) is 62.3 Å². The molecule has 2 heterocycles. The summed E-state index contributed by atoms with van der Waals surface area (Å²) in [5.41, 5.74) is 3.06. The molecule has 0 radical (unpaired) electrons. The number of thiazole rings is 1. The summed E-state index contributed by atoms with van der Waals surface area (Å²) in [7, 11) is 1.76. The average Bonchev–Trinajstić information content (AvgIpc) is 3.00. The summed E-state index contributed by atoms with van der Waals surface area (Å²) in [6.45, 7) is 5.92. The van der Waals surface area contributed by atoms with E-state index >= 15 is 0 Å². The van der Waals surface area contributed by atoms with Crippen LogP contribution in [0, 0.1) is 26.7 Å². The van der Waals surface area contributed by atoms with Crippen LogP contribution in [-0.2, 0) is 9.59 Å². The minimum Gasteiger partial charge on any atom is -0.338 e. The molecule has 2 amide bonds. The van der Waals surface area contributed by atoms with Crippen molar-refractivity contribution in [2.24, 2.45) is 5.92 Å². The van der Waals surface area contributed by atoms with Crippen LogP contribution in [0.25, 0.3) is 0 Å². The van der Waals surface area contributed by atoms with Crippen LogP contribution in [0.15, 0.2) is 24.3 Å². The van der Waals surface area contributed by atoms with E-state index in [1.165, 1.54) is 11.3 Å². The van der Waals surface area contributed by atoms with Crippen molar-refractivity contribution in [3.63, 3.8) is 0 Å². The quantitative estimate of drug-likeness (QED) is 0.931. The van der Waals surface area contributed by atoms with Gasteiger partial charge >= 0.3 is 0 Å². The Labute approximate surface area is 145 Å². The number of aryl methyl sites for hydroxylation is 3. The summed E-state index contributed by atoms with van der Waals surface area (Å²) in [6, 6.07) is 7.77. The fraction of sp³-hybridized carbons (Fsp3) is 0.389. The number of anilines is 1. The molecule has 3 rings (SSSR count). The molecule has 1 aromatic carbocycles. The Hall–Kier alpha value is -2.21. The highest BCUT2D eigenvalue weighted by Gasteiger charge is 2.42. The lowest BCUT2D eigenvalue weighted by molar-refractivity contribution is -0.127. The number of hydrogen-bond donors (Lipinski definition) is 1. The van der Waals surface area contributed by atoms with Crippen LogP contribution in [0.2, 0.25) is 0 Å². The molecule has 0 unspecified atom stereocenters. The molecule has 1 fully saturated rings. The molecule has 2 atom stereocenters. The van der Waals surface area contributed by atoms with E-state index in [1.54, 1.807) is 11.9 Å². The number of rotatable bonds is 3. The molecule has 0 bridgehead atoms. The van der Waals surface area contributed by atoms with E-state index in [1.807, 2.05) is 45.0 Å². The highest BCUT2D eigenvalue weighted by Crippen LogP contribution is 2.38. The second kappa shape index (κ2) is 6.36. The Morgan fingerprint density at radius 1 is 1.25 bits per heavy atom. The molecule has 1 aliphatic rings. The second-order valence-electron chi connectivity index (χ2n) is 6.32. The molecule has 1 aliphatic heterocycles. The highest BCUT2D eigenvalue weighted by molar-refractivity contribution is 7.15. The fourth-order valence-electron chi connectivity index (χ4n) is 3.05. The van der Waals surface area contributed by atoms with Crippen LogP contribution in [0.3, 0.4) is 0 Å². The third kappa shape index (κ3) is 3.06. The van der Waals surface area contributed by atoms with Crippen LogP contribution in [0.4, 0.5) is 5.13 Å². The number of carbonyl (C=O) groups is 2. The number of carbonyl (C=O) groups excluding carboxylic acids is 2. The Kier molecular flexibility index (Phi) is 4.41. The van der Waals surface area contributed by atoms with Crippen molar-refractivity contribution in [1.29, 1.82) is 0 Å². The van der Waals surface area contributed by atoms with Crippen molar-refractivity contribution in [1.82, 2.24) is 9.88 Å². The lowest BCUT2D eigenvalue weighted by atomic mass is 9.92. The number of amides is 2. The Balaban J connectivity index is 1.85. The predicted octanol–water partition coefficient (Wildman–Crippen LogP) is 3.23. The summed E-state index contributed by atoms with van der Waals surface area (Å²) < 4.78 is 0. The molecular weight excluding hydrogens is 322 g/mol. The summed E-state index contributed by atoms with van der Waals surface area (Å²) in [5, 5.41) is 3.48. The molecule has 5 nitrogen and oxygen atoms in total. The van der Waals surface area contributed by atoms with Crippen molar-refractivity contribution in [3.8, 4) is 0 Å². The van der Waals surface area contributed by atoms with Gasteiger partial charge in [-0.1, -0.05) is 29.8 Å². The Morgan fingerprint density at radius 2 is 1.92 bits per heavy atom. The fourth-order valence-corrected chi connectivity index (χ4v) is 3.87. The van der Waals surface area contributed by atoms with Crippen molar-refractivity contribution < 1.29 is 9.59 Å². The summed E-state index contributed by atoms with van der Waals surface area (Å²) >= 11 is 1.46. The smallest absolute Gasteiger partial charge is 0.232 e. The van der Waals surface area contributed by atoms with E-state index in [0.717, 1.165) is 21.7 Å². The normalized spacial score (nSPS) is 20.5. The molecule has 6 heteroatoms. The van der Waals surface area contributed by atoms with Crippen LogP contribution >= 0.6 is 11.3 Å². The van der Waals surface area contributed by atoms with E-state index in [2.05, 4.69) is 10.3 Å². The monoisotopic (exact) mass is 343 g/mol. The van der Waals surface area contributed by atoms with Gasteiger partial charge in [0.15, 0.2) is 5.13 Å². The molecule has 1 N–H and O–H groups in total. The SMILES string of the molecule is Cc1ccc([C@H]2[C@@H](C(=O)Nc3nc(C)c(C)s3)CC(=O)N2C)cc1. The van der Waals surface area contributed by atoms with Crippen molar-refractivity contribution in [2.45, 2.75) is 33.2 Å². The maximum atomic E-state index is 12.8. The molecule has 1 aromatic heterocycles. The minimum absolute atomic E-state index is 0.00720. The molecule has 0 saturated carbocycles. The molecule has 2 aromatic rings. The van der Waals surface area contributed by atoms with Crippen LogP contribution in [-0.4, -0.2) is 28.7 Å². The number of nitrogens with zero attached hydrogens (tertiary/aromatic N) is 2. The van der Waals surface area contributed by atoms with Gasteiger partial charge in [0.25, 0.3) is 0 Å². The van der Waals surface area contributed by atoms with Gasteiger partial charge in [0.2, 0.25) is 11.8 Å². The largest absolute Gasteiger partial charge is 0.338 e. The molecule has 0 spiro atoms. The van der Waals surface area contributed by atoms with E-state index in [4.69, 9.17) is 0 Å². The first kappa shape index (κ1) is 16.6. The number of nitrogens with one attached hydrogen (secondary N) is 1. The van der Waals surface area contributed by atoms with Crippen LogP contribution in [0.1, 0.15) is 34.2 Å². The van der Waals surface area contributed by atoms with E-state index in [9.17, 15) is 9.59 Å². The lowest BCUT2D eigenvalue weighted by Gasteiger charge is -2.24. The van der Waals surface area contributed by atoms with Gasteiger partial charge in [-0.2, -0.15) is 0 Å². The zero-order valence-corrected chi connectivity index (χ0v) is 15.1. The van der Waals surface area contributed by atoms with Crippen molar-refractivity contribution >= 4 is 28.3 Å². The van der Waals surface area contributed by atoms with Gasteiger partial charge in [-0.25, -0.2) is 4.98 Å². The van der Waals surface area contributed by atoms with Crippen molar-refractivity contribution in [2.75, 3.05) is 12.4 Å². The van der Waals surface area contributed by atoms with E-state index < -0.39 is 5.92 Å². The molecule has 24 heavy (non-hydrogen) atoms. The third-order valence-electron chi connectivity index (χ3n) is 4.60. The van der Waals surface area contributed by atoms with Crippen molar-refractivity contribution in [3.05, 3.63) is 46.0 Å². The van der Waals surface area contributed by atoms with Gasteiger partial charge in [0, 0.05) is 18.3 Å². The summed E-state index contributed by atoms with van der Waals surface area (Å²) in [4.78, 5) is 32.1. The Morgan fingerprint density at radius 3 is 2.50 bits per heavy atom. The maximum absolute atomic E-state index is 12.8. The number of benzene rings is 1. The zero-order chi connectivity index (χ0) is 17.4. The zero-order valence-electron chi connectivity index (χ0n) is 14.3. The van der Waals surface area contributed by atoms with Gasteiger partial charge in [0.1, 0.15) is 0 Å². The molecule has 0 aliphatic carbocycles. The molecular formula is C18H21N3O2S. The Bertz CT molecular complexity index is 763. The van der Waals surface area contributed by atoms with Crippen LogP contribution < -0.4 is 5.32 Å². The first-order chi connectivity index (χ1) is 11.4. The van der Waals surface area contributed by atoms with Gasteiger partial charge in [0.05, 0.1) is 17.7 Å². The average molecular weight is 343 g/mol. The number of hydrogen-bond acceptors (Lipinski definition) is 4. The van der Waals surface area contributed by atoms with E-state index in [-0.39, 0.29) is 24.3 Å². The third-order valence-corrected chi connectivity index (χ3v) is 5.59. The highest BCUT2D eigenvalue weighted by atomic mass is 32.1. The van der Waals surface area contributed by atoms with E-state index in [0.29, 0.717) is 5.13 Å². The lowest BCUT2D eigenvalue weighted by Crippen LogP contribution is -2.30. The first-order valence-corrected chi connectivity index (χ1v) is 8.75. The van der Waals surface area contributed by atoms with Crippen LogP contribution in [0.5, 0.6) is 0 Å². The molecule has 1 saturated heterocycles. The number of likely N-dealkylation sites (tertiary alicyclic amines) is 1. The van der Waals surface area contributed by atoms with Gasteiger partial charge in [-0.15, -0.1) is 11.3 Å². The predicted molar refractivity (Wildman–Crippen MR) is 95.0 cm³/mol. The standard InChI is InChI=1S/C18H21N3O2S/c1-10-5-7-13(8-6-10)16-14(9-15(22)21(16)4)17(23)20-18-19-11(2)12(3)24-18/h5-8,14,16H,9H2,1-4H3,(H,19,20,23)/t14-,16-/m0/s1. The second-order valence-corrected chi connectivity index (χ2v) is 7.52. The summed E-state index contributed by atoms with van der Waals surface area (Å²) in [6.07, 6.45) is 0.226. The summed E-state index contributed by atoms with van der Waals surface area (Å²) in [5.74, 6) is -0.561. The van der Waals surface area contributed by atoms with Gasteiger partial charge < -0.3 is 10.2 Å². The first-order valence-electron chi connectivity index (χ1n) is 7.94. The van der Waals surface area contributed by atoms with Gasteiger partial charge in [-0.05, 0) is 26.3 Å². The molecule has 126 valence electrons. The number of aromatic nitrogens is 1.